The summed E-state index contributed by atoms with van der Waals surface area (Å²) in [6.45, 7) is 8.41. The molecule has 0 aliphatic heterocycles. The highest BCUT2D eigenvalue weighted by Crippen LogP contribution is 2.29. The second kappa shape index (κ2) is 6.19. The Balaban J connectivity index is 2.57. The summed E-state index contributed by atoms with van der Waals surface area (Å²) >= 11 is 0. The molecule has 4 heteroatoms. The van der Waals surface area contributed by atoms with Gasteiger partial charge in [-0.25, -0.2) is 13.1 Å². The highest BCUT2D eigenvalue weighted by atomic mass is 32.2. The SMILES string of the molecule is CC[C@H](C)CS(=O)(=O)N[C@@H]1CCC[C@@H](C)[C@@H]1C. The Morgan fingerprint density at radius 2 is 1.94 bits per heavy atom. The van der Waals surface area contributed by atoms with Crippen molar-refractivity contribution in [2.45, 2.75) is 59.4 Å². The van der Waals surface area contributed by atoms with Crippen LogP contribution in [0.15, 0.2) is 0 Å². The van der Waals surface area contributed by atoms with Crippen molar-refractivity contribution in [3.63, 3.8) is 0 Å². The Labute approximate surface area is 106 Å². The normalized spacial score (nSPS) is 32.4. The number of sulfonamides is 1. The average molecular weight is 261 g/mol. The number of hydrogen-bond donors (Lipinski definition) is 1. The van der Waals surface area contributed by atoms with E-state index in [-0.39, 0.29) is 17.7 Å². The maximum atomic E-state index is 12.0. The minimum Gasteiger partial charge on any atom is -0.212 e. The summed E-state index contributed by atoms with van der Waals surface area (Å²) in [7, 11) is -3.10. The maximum Gasteiger partial charge on any atom is 0.212 e. The quantitative estimate of drug-likeness (QED) is 0.827. The van der Waals surface area contributed by atoms with E-state index in [1.165, 1.54) is 6.42 Å². The highest BCUT2D eigenvalue weighted by molar-refractivity contribution is 7.89. The fourth-order valence-corrected chi connectivity index (χ4v) is 4.39. The first kappa shape index (κ1) is 15.0. The van der Waals surface area contributed by atoms with E-state index in [1.54, 1.807) is 0 Å². The molecule has 1 rings (SSSR count). The van der Waals surface area contributed by atoms with Crippen LogP contribution in [0.3, 0.4) is 0 Å². The van der Waals surface area contributed by atoms with Gasteiger partial charge in [0.2, 0.25) is 10.0 Å². The predicted octanol–water partition coefficient (Wildman–Crippen LogP) is 2.78. The van der Waals surface area contributed by atoms with Gasteiger partial charge in [-0.2, -0.15) is 0 Å². The van der Waals surface area contributed by atoms with Gasteiger partial charge in [0.1, 0.15) is 0 Å². The van der Waals surface area contributed by atoms with Gasteiger partial charge in [-0.05, 0) is 24.2 Å². The highest BCUT2D eigenvalue weighted by Gasteiger charge is 2.30. The van der Waals surface area contributed by atoms with Crippen LogP contribution in [-0.2, 0) is 10.0 Å². The van der Waals surface area contributed by atoms with Crippen LogP contribution in [0.5, 0.6) is 0 Å². The fourth-order valence-electron chi connectivity index (χ4n) is 2.52. The Hall–Kier alpha value is -0.0900. The van der Waals surface area contributed by atoms with Crippen LogP contribution >= 0.6 is 0 Å². The van der Waals surface area contributed by atoms with Crippen molar-refractivity contribution in [2.75, 3.05) is 5.75 Å². The molecule has 4 atom stereocenters. The van der Waals surface area contributed by atoms with Gasteiger partial charge in [0.25, 0.3) is 0 Å². The van der Waals surface area contributed by atoms with E-state index in [2.05, 4.69) is 18.6 Å². The Morgan fingerprint density at radius 3 is 2.53 bits per heavy atom. The Bertz CT molecular complexity index is 326. The summed E-state index contributed by atoms with van der Waals surface area (Å²) in [5.41, 5.74) is 0. The van der Waals surface area contributed by atoms with E-state index in [9.17, 15) is 8.42 Å². The fraction of sp³-hybridized carbons (Fsp3) is 1.00. The third-order valence-corrected chi connectivity index (χ3v) is 5.91. The number of rotatable bonds is 5. The van der Waals surface area contributed by atoms with E-state index in [0.717, 1.165) is 19.3 Å². The maximum absolute atomic E-state index is 12.0. The van der Waals surface area contributed by atoms with E-state index < -0.39 is 10.0 Å². The van der Waals surface area contributed by atoms with Gasteiger partial charge in [-0.15, -0.1) is 0 Å². The molecule has 0 amide bonds. The number of nitrogens with one attached hydrogen (secondary N) is 1. The summed E-state index contributed by atoms with van der Waals surface area (Å²) in [5, 5.41) is 0. The molecule has 102 valence electrons. The van der Waals surface area contributed by atoms with Gasteiger partial charge >= 0.3 is 0 Å². The summed E-state index contributed by atoms with van der Waals surface area (Å²) < 4.78 is 26.9. The zero-order chi connectivity index (χ0) is 13.1. The van der Waals surface area contributed by atoms with Gasteiger partial charge in [0.15, 0.2) is 0 Å². The lowest BCUT2D eigenvalue weighted by molar-refractivity contribution is 0.226. The van der Waals surface area contributed by atoms with Crippen molar-refractivity contribution in [3.05, 3.63) is 0 Å². The standard InChI is InChI=1S/C13H27NO2S/c1-5-10(2)9-17(15,16)14-13-8-6-7-11(3)12(13)4/h10-14H,5-9H2,1-4H3/t10-,11+,12-,13+/m0/s1. The van der Waals surface area contributed by atoms with Gasteiger partial charge in [0, 0.05) is 6.04 Å². The summed E-state index contributed by atoms with van der Waals surface area (Å²) in [6, 6.07) is 0.146. The average Bonchev–Trinajstić information content (AvgIpc) is 2.23. The third-order valence-electron chi connectivity index (χ3n) is 4.24. The molecule has 1 saturated carbocycles. The zero-order valence-corrected chi connectivity index (χ0v) is 12.4. The van der Waals surface area contributed by atoms with Crippen molar-refractivity contribution in [2.24, 2.45) is 17.8 Å². The van der Waals surface area contributed by atoms with Crippen molar-refractivity contribution in [1.29, 1.82) is 0 Å². The summed E-state index contributed by atoms with van der Waals surface area (Å²) in [4.78, 5) is 0. The predicted molar refractivity (Wildman–Crippen MR) is 72.3 cm³/mol. The second-order valence-electron chi connectivity index (χ2n) is 5.79. The minimum absolute atomic E-state index is 0.146. The van der Waals surface area contributed by atoms with Gasteiger partial charge in [-0.3, -0.25) is 0 Å². The molecule has 0 heterocycles. The van der Waals surface area contributed by atoms with Gasteiger partial charge in [0.05, 0.1) is 5.75 Å². The van der Waals surface area contributed by atoms with Crippen LogP contribution in [0, 0.1) is 17.8 Å². The first-order chi connectivity index (χ1) is 7.85. The van der Waals surface area contributed by atoms with E-state index in [0.29, 0.717) is 11.8 Å². The van der Waals surface area contributed by atoms with Crippen LogP contribution in [0.4, 0.5) is 0 Å². The molecular formula is C13H27NO2S. The van der Waals surface area contributed by atoms with E-state index >= 15 is 0 Å². The third kappa shape index (κ3) is 4.59. The molecule has 1 fully saturated rings. The smallest absolute Gasteiger partial charge is 0.212 e. The molecule has 0 radical (unpaired) electrons. The van der Waals surface area contributed by atoms with Crippen molar-refractivity contribution >= 4 is 10.0 Å². The minimum atomic E-state index is -3.10. The molecule has 0 aromatic rings. The van der Waals surface area contributed by atoms with Crippen molar-refractivity contribution in [1.82, 2.24) is 4.72 Å². The summed E-state index contributed by atoms with van der Waals surface area (Å²) in [6.07, 6.45) is 4.27. The molecular weight excluding hydrogens is 234 g/mol. The van der Waals surface area contributed by atoms with Crippen molar-refractivity contribution < 1.29 is 8.42 Å². The number of hydrogen-bond acceptors (Lipinski definition) is 2. The molecule has 0 saturated heterocycles. The molecule has 0 aromatic heterocycles. The molecule has 0 aromatic carbocycles. The largest absolute Gasteiger partial charge is 0.212 e. The summed E-state index contributed by atoms with van der Waals surface area (Å²) in [5.74, 6) is 1.58. The molecule has 0 spiro atoms. The van der Waals surface area contributed by atoms with E-state index in [1.807, 2.05) is 13.8 Å². The molecule has 0 unspecified atom stereocenters. The molecule has 1 N–H and O–H groups in total. The molecule has 17 heavy (non-hydrogen) atoms. The molecule has 3 nitrogen and oxygen atoms in total. The van der Waals surface area contributed by atoms with Crippen molar-refractivity contribution in [3.8, 4) is 0 Å². The van der Waals surface area contributed by atoms with Crippen LogP contribution in [0.2, 0.25) is 0 Å². The van der Waals surface area contributed by atoms with Crippen LogP contribution in [0.1, 0.15) is 53.4 Å². The van der Waals surface area contributed by atoms with Crippen LogP contribution in [-0.4, -0.2) is 20.2 Å². The lowest BCUT2D eigenvalue weighted by Gasteiger charge is -2.34. The van der Waals surface area contributed by atoms with Crippen LogP contribution < -0.4 is 4.72 Å². The first-order valence-electron chi connectivity index (χ1n) is 6.85. The van der Waals surface area contributed by atoms with E-state index in [4.69, 9.17) is 0 Å². The second-order valence-corrected chi connectivity index (χ2v) is 7.59. The Morgan fingerprint density at radius 1 is 1.29 bits per heavy atom. The molecule has 0 bridgehead atoms. The molecule has 1 aliphatic carbocycles. The van der Waals surface area contributed by atoms with Gasteiger partial charge in [-0.1, -0.05) is 47.0 Å². The van der Waals surface area contributed by atoms with Crippen LogP contribution in [0.25, 0.3) is 0 Å². The Kier molecular flexibility index (Phi) is 5.45. The lowest BCUT2D eigenvalue weighted by Crippen LogP contribution is -2.45. The van der Waals surface area contributed by atoms with Gasteiger partial charge < -0.3 is 0 Å². The topological polar surface area (TPSA) is 46.2 Å². The zero-order valence-electron chi connectivity index (χ0n) is 11.6. The lowest BCUT2D eigenvalue weighted by atomic mass is 9.78. The molecule has 1 aliphatic rings. The monoisotopic (exact) mass is 261 g/mol. The first-order valence-corrected chi connectivity index (χ1v) is 8.51.